The standard InChI is InChI=1S/C13H7BrCl2N4O/c14-8-3-6(1-2-10(8)17)13-19-12(20-21-13)11-9(16)4-7(15)5-18-11/h1-5H,17H2. The molecule has 106 valence electrons. The molecule has 0 aliphatic carbocycles. The van der Waals surface area contributed by atoms with E-state index < -0.39 is 0 Å². The van der Waals surface area contributed by atoms with Gasteiger partial charge in [0.2, 0.25) is 5.82 Å². The van der Waals surface area contributed by atoms with Crippen molar-refractivity contribution < 1.29 is 4.52 Å². The summed E-state index contributed by atoms with van der Waals surface area (Å²) in [5, 5.41) is 4.68. The van der Waals surface area contributed by atoms with Gasteiger partial charge in [-0.1, -0.05) is 28.4 Å². The van der Waals surface area contributed by atoms with Gasteiger partial charge in [-0.3, -0.25) is 0 Å². The maximum atomic E-state index is 6.07. The van der Waals surface area contributed by atoms with Gasteiger partial charge in [-0.2, -0.15) is 4.98 Å². The van der Waals surface area contributed by atoms with Gasteiger partial charge in [0.05, 0.1) is 10.0 Å². The van der Waals surface area contributed by atoms with Crippen LogP contribution in [-0.2, 0) is 0 Å². The van der Waals surface area contributed by atoms with E-state index in [-0.39, 0.29) is 0 Å². The van der Waals surface area contributed by atoms with Crippen LogP contribution < -0.4 is 5.73 Å². The van der Waals surface area contributed by atoms with Crippen LogP contribution in [0.3, 0.4) is 0 Å². The van der Waals surface area contributed by atoms with Crippen molar-refractivity contribution in [3.05, 3.63) is 45.0 Å². The fourth-order valence-corrected chi connectivity index (χ4v) is 2.52. The minimum absolute atomic E-state index is 0.291. The summed E-state index contributed by atoms with van der Waals surface area (Å²) in [5.74, 6) is 0.637. The van der Waals surface area contributed by atoms with Crippen LogP contribution in [0, 0.1) is 0 Å². The molecule has 0 saturated carbocycles. The molecule has 0 saturated heterocycles. The van der Waals surface area contributed by atoms with Gasteiger partial charge in [0.15, 0.2) is 0 Å². The molecule has 8 heteroatoms. The Kier molecular flexibility index (Phi) is 3.84. The van der Waals surface area contributed by atoms with Crippen LogP contribution >= 0.6 is 39.1 Å². The van der Waals surface area contributed by atoms with Crippen LogP contribution in [0.4, 0.5) is 5.69 Å². The summed E-state index contributed by atoms with van der Waals surface area (Å²) in [4.78, 5) is 8.39. The average molecular weight is 386 g/mol. The molecular formula is C13H7BrCl2N4O. The monoisotopic (exact) mass is 384 g/mol. The Morgan fingerprint density at radius 3 is 2.71 bits per heavy atom. The maximum Gasteiger partial charge on any atom is 0.258 e. The number of rotatable bonds is 2. The van der Waals surface area contributed by atoms with Crippen LogP contribution in [0.1, 0.15) is 0 Å². The van der Waals surface area contributed by atoms with Gasteiger partial charge in [-0.05, 0) is 40.2 Å². The highest BCUT2D eigenvalue weighted by Crippen LogP contribution is 2.30. The zero-order valence-corrected chi connectivity index (χ0v) is 13.4. The first-order valence-electron chi connectivity index (χ1n) is 5.75. The first-order valence-corrected chi connectivity index (χ1v) is 7.30. The Morgan fingerprint density at radius 1 is 1.19 bits per heavy atom. The van der Waals surface area contributed by atoms with Crippen molar-refractivity contribution in [1.82, 2.24) is 15.1 Å². The van der Waals surface area contributed by atoms with E-state index in [1.807, 2.05) is 0 Å². The van der Waals surface area contributed by atoms with Gasteiger partial charge in [-0.25, -0.2) is 4.98 Å². The quantitative estimate of drug-likeness (QED) is 0.659. The highest BCUT2D eigenvalue weighted by molar-refractivity contribution is 9.10. The summed E-state index contributed by atoms with van der Waals surface area (Å²) in [7, 11) is 0. The summed E-state index contributed by atoms with van der Waals surface area (Å²) in [6.07, 6.45) is 1.47. The second-order valence-corrected chi connectivity index (χ2v) is 5.84. The summed E-state index contributed by atoms with van der Waals surface area (Å²) >= 11 is 15.2. The Balaban J connectivity index is 2.01. The van der Waals surface area contributed by atoms with Crippen molar-refractivity contribution in [1.29, 1.82) is 0 Å². The fraction of sp³-hybridized carbons (Fsp3) is 0. The third-order valence-electron chi connectivity index (χ3n) is 2.69. The number of nitrogen functional groups attached to an aromatic ring is 1. The Morgan fingerprint density at radius 2 is 2.00 bits per heavy atom. The second kappa shape index (κ2) is 5.63. The van der Waals surface area contributed by atoms with Crippen molar-refractivity contribution in [2.24, 2.45) is 0 Å². The van der Waals surface area contributed by atoms with Crippen LogP contribution in [0.2, 0.25) is 10.0 Å². The SMILES string of the molecule is Nc1ccc(-c2nc(-c3ncc(Cl)cc3Cl)no2)cc1Br. The number of aromatic nitrogens is 3. The molecule has 0 radical (unpaired) electrons. The number of hydrogen-bond acceptors (Lipinski definition) is 5. The Bertz CT molecular complexity index is 822. The van der Waals surface area contributed by atoms with Crippen LogP contribution in [-0.4, -0.2) is 15.1 Å². The number of benzene rings is 1. The fourth-order valence-electron chi connectivity index (χ4n) is 1.68. The zero-order valence-electron chi connectivity index (χ0n) is 10.3. The molecule has 3 rings (SSSR count). The van der Waals surface area contributed by atoms with Gasteiger partial charge in [0.1, 0.15) is 5.69 Å². The van der Waals surface area contributed by atoms with Gasteiger partial charge in [0.25, 0.3) is 5.89 Å². The molecule has 3 aromatic rings. The Labute approximate surface area is 138 Å². The molecule has 0 bridgehead atoms. The third-order valence-corrected chi connectivity index (χ3v) is 3.87. The minimum atomic E-state index is 0.291. The lowest BCUT2D eigenvalue weighted by Gasteiger charge is -1.99. The molecule has 2 aromatic heterocycles. The number of nitrogens with zero attached hydrogens (tertiary/aromatic N) is 3. The molecule has 21 heavy (non-hydrogen) atoms. The van der Waals surface area contributed by atoms with Crippen molar-refractivity contribution >= 4 is 44.8 Å². The molecule has 5 nitrogen and oxygen atoms in total. The third kappa shape index (κ3) is 2.88. The molecule has 0 aliphatic rings. The number of anilines is 1. The first kappa shape index (κ1) is 14.3. The highest BCUT2D eigenvalue weighted by Gasteiger charge is 2.15. The van der Waals surface area contributed by atoms with E-state index in [2.05, 4.69) is 31.1 Å². The predicted molar refractivity (Wildman–Crippen MR) is 85.1 cm³/mol. The molecule has 2 heterocycles. The largest absolute Gasteiger partial charge is 0.398 e. The van der Waals surface area contributed by atoms with Crippen molar-refractivity contribution in [2.45, 2.75) is 0 Å². The molecule has 0 fully saturated rings. The minimum Gasteiger partial charge on any atom is -0.398 e. The lowest BCUT2D eigenvalue weighted by molar-refractivity contribution is 0.432. The number of pyridine rings is 1. The van der Waals surface area contributed by atoms with Gasteiger partial charge < -0.3 is 10.3 Å². The maximum absolute atomic E-state index is 6.07. The molecule has 1 aromatic carbocycles. The number of nitrogens with two attached hydrogens (primary N) is 1. The van der Waals surface area contributed by atoms with E-state index >= 15 is 0 Å². The van der Waals surface area contributed by atoms with Gasteiger partial charge in [-0.15, -0.1) is 0 Å². The topological polar surface area (TPSA) is 77.8 Å². The summed E-state index contributed by atoms with van der Waals surface area (Å²) in [5.41, 5.74) is 7.51. The number of halogens is 3. The molecular weight excluding hydrogens is 379 g/mol. The Hall–Kier alpha value is -1.63. The van der Waals surface area contributed by atoms with Crippen molar-refractivity contribution in [3.63, 3.8) is 0 Å². The molecule has 0 spiro atoms. The van der Waals surface area contributed by atoms with E-state index in [1.165, 1.54) is 6.20 Å². The average Bonchev–Trinajstić information content (AvgIpc) is 2.91. The molecule has 2 N–H and O–H groups in total. The van der Waals surface area contributed by atoms with Crippen LogP contribution in [0.25, 0.3) is 23.0 Å². The van der Waals surface area contributed by atoms with Gasteiger partial charge >= 0.3 is 0 Å². The van der Waals surface area contributed by atoms with Gasteiger partial charge in [0, 0.05) is 21.9 Å². The molecule has 0 amide bonds. The summed E-state index contributed by atoms with van der Waals surface area (Å²) in [6.45, 7) is 0. The normalized spacial score (nSPS) is 10.8. The predicted octanol–water partition coefficient (Wildman–Crippen LogP) is 4.45. The molecule has 0 atom stereocenters. The van der Waals surface area contributed by atoms with Crippen LogP contribution in [0.5, 0.6) is 0 Å². The van der Waals surface area contributed by atoms with E-state index in [9.17, 15) is 0 Å². The van der Waals surface area contributed by atoms with Crippen molar-refractivity contribution in [3.8, 4) is 23.0 Å². The first-order chi connectivity index (χ1) is 10.0. The molecule has 0 aliphatic heterocycles. The zero-order chi connectivity index (χ0) is 15.0. The van der Waals surface area contributed by atoms with Crippen LogP contribution in [0.15, 0.2) is 39.5 Å². The summed E-state index contributed by atoms with van der Waals surface area (Å²) < 4.78 is 5.98. The summed E-state index contributed by atoms with van der Waals surface area (Å²) in [6, 6.07) is 6.90. The lowest BCUT2D eigenvalue weighted by atomic mass is 10.2. The van der Waals surface area contributed by atoms with E-state index in [0.717, 1.165) is 10.0 Å². The van der Waals surface area contributed by atoms with E-state index in [4.69, 9.17) is 33.5 Å². The molecule has 0 unspecified atom stereocenters. The number of hydrogen-bond donors (Lipinski definition) is 1. The smallest absolute Gasteiger partial charge is 0.258 e. The lowest BCUT2D eigenvalue weighted by Crippen LogP contribution is -1.88. The van der Waals surface area contributed by atoms with Crippen molar-refractivity contribution in [2.75, 3.05) is 5.73 Å². The van der Waals surface area contributed by atoms with E-state index in [1.54, 1.807) is 24.3 Å². The second-order valence-electron chi connectivity index (χ2n) is 4.14. The highest BCUT2D eigenvalue weighted by atomic mass is 79.9. The van der Waals surface area contributed by atoms with E-state index in [0.29, 0.717) is 33.1 Å².